The fourth-order valence-corrected chi connectivity index (χ4v) is 2.04. The zero-order chi connectivity index (χ0) is 13.5. The van der Waals surface area contributed by atoms with Crippen molar-refractivity contribution in [2.45, 2.75) is 34.2 Å². The first-order valence-electron chi connectivity index (χ1n) is 6.63. The number of nitrogens with zero attached hydrogens (tertiary/aromatic N) is 1. The summed E-state index contributed by atoms with van der Waals surface area (Å²) in [4.78, 5) is 13.6. The summed E-state index contributed by atoms with van der Waals surface area (Å²) in [7, 11) is 0. The van der Waals surface area contributed by atoms with Crippen LogP contribution in [0.5, 0.6) is 0 Å². The van der Waals surface area contributed by atoms with E-state index in [0.717, 1.165) is 19.6 Å². The highest BCUT2D eigenvalue weighted by atomic mass is 16.2. The third-order valence-corrected chi connectivity index (χ3v) is 3.21. The number of hydrogen-bond acceptors (Lipinski definition) is 2. The van der Waals surface area contributed by atoms with E-state index >= 15 is 0 Å². The molecular formula is C15H24N2O. The number of benzene rings is 1. The van der Waals surface area contributed by atoms with Crippen LogP contribution in [0.4, 0.5) is 0 Å². The zero-order valence-electron chi connectivity index (χ0n) is 11.9. The highest BCUT2D eigenvalue weighted by Gasteiger charge is 2.08. The van der Waals surface area contributed by atoms with E-state index < -0.39 is 0 Å². The van der Waals surface area contributed by atoms with Gasteiger partial charge in [0.05, 0.1) is 6.54 Å². The number of aryl methyl sites for hydroxylation is 2. The molecule has 3 heteroatoms. The first-order valence-corrected chi connectivity index (χ1v) is 6.63. The molecule has 1 aromatic carbocycles. The van der Waals surface area contributed by atoms with Crippen molar-refractivity contribution in [3.8, 4) is 0 Å². The molecule has 0 aliphatic heterocycles. The second-order valence-corrected chi connectivity index (χ2v) is 4.60. The lowest BCUT2D eigenvalue weighted by Gasteiger charge is -2.19. The minimum atomic E-state index is 0.171. The van der Waals surface area contributed by atoms with E-state index in [1.54, 1.807) is 0 Å². The first kappa shape index (κ1) is 14.7. The predicted molar refractivity (Wildman–Crippen MR) is 75.6 cm³/mol. The standard InChI is InChI=1S/C15H24N2O/c1-5-17(6-2)15(18)11-16-10-14-8-7-12(3)9-13(14)4/h7-9,16H,5-6,10-11H2,1-4H3. The number of carbonyl (C=O) groups is 1. The lowest BCUT2D eigenvalue weighted by molar-refractivity contribution is -0.129. The lowest BCUT2D eigenvalue weighted by Crippen LogP contribution is -2.37. The molecule has 18 heavy (non-hydrogen) atoms. The summed E-state index contributed by atoms with van der Waals surface area (Å²) in [6.45, 7) is 10.9. The molecule has 1 aromatic rings. The van der Waals surface area contributed by atoms with Gasteiger partial charge in [0.15, 0.2) is 0 Å². The number of likely N-dealkylation sites (N-methyl/N-ethyl adjacent to an activating group) is 1. The van der Waals surface area contributed by atoms with Crippen LogP contribution in [-0.2, 0) is 11.3 Å². The number of rotatable bonds is 6. The summed E-state index contributed by atoms with van der Waals surface area (Å²) in [6.07, 6.45) is 0. The van der Waals surface area contributed by atoms with Crippen LogP contribution in [0.2, 0.25) is 0 Å². The Labute approximate surface area is 110 Å². The van der Waals surface area contributed by atoms with Crippen molar-refractivity contribution in [3.05, 3.63) is 34.9 Å². The Kier molecular flexibility index (Phi) is 5.86. The van der Waals surface area contributed by atoms with Crippen molar-refractivity contribution in [2.24, 2.45) is 0 Å². The van der Waals surface area contributed by atoms with Gasteiger partial charge in [-0.05, 0) is 38.8 Å². The summed E-state index contributed by atoms with van der Waals surface area (Å²) in [5.41, 5.74) is 3.81. The number of carbonyl (C=O) groups excluding carboxylic acids is 1. The molecule has 0 atom stereocenters. The second kappa shape index (κ2) is 7.17. The number of hydrogen-bond donors (Lipinski definition) is 1. The molecule has 0 heterocycles. The van der Waals surface area contributed by atoms with Gasteiger partial charge in [-0.25, -0.2) is 0 Å². The number of nitrogens with one attached hydrogen (secondary N) is 1. The third kappa shape index (κ3) is 4.15. The van der Waals surface area contributed by atoms with Gasteiger partial charge in [0.1, 0.15) is 0 Å². The quantitative estimate of drug-likeness (QED) is 0.837. The summed E-state index contributed by atoms with van der Waals surface area (Å²) in [5.74, 6) is 0.171. The van der Waals surface area contributed by atoms with Crippen molar-refractivity contribution in [1.29, 1.82) is 0 Å². The SMILES string of the molecule is CCN(CC)C(=O)CNCc1ccc(C)cc1C. The van der Waals surface area contributed by atoms with E-state index in [0.29, 0.717) is 6.54 Å². The average Bonchev–Trinajstić information content (AvgIpc) is 2.33. The van der Waals surface area contributed by atoms with Crippen molar-refractivity contribution in [3.63, 3.8) is 0 Å². The molecule has 0 bridgehead atoms. The van der Waals surface area contributed by atoms with Crippen molar-refractivity contribution >= 4 is 5.91 Å². The monoisotopic (exact) mass is 248 g/mol. The van der Waals surface area contributed by atoms with Crippen LogP contribution in [0.3, 0.4) is 0 Å². The smallest absolute Gasteiger partial charge is 0.236 e. The van der Waals surface area contributed by atoms with E-state index in [1.165, 1.54) is 16.7 Å². The molecule has 0 aliphatic rings. The maximum absolute atomic E-state index is 11.8. The molecule has 0 spiro atoms. The largest absolute Gasteiger partial charge is 0.342 e. The van der Waals surface area contributed by atoms with Gasteiger partial charge in [-0.15, -0.1) is 0 Å². The maximum Gasteiger partial charge on any atom is 0.236 e. The fraction of sp³-hybridized carbons (Fsp3) is 0.533. The van der Waals surface area contributed by atoms with E-state index in [9.17, 15) is 4.79 Å². The fourth-order valence-electron chi connectivity index (χ4n) is 2.04. The Morgan fingerprint density at radius 2 is 1.89 bits per heavy atom. The van der Waals surface area contributed by atoms with Gasteiger partial charge in [-0.1, -0.05) is 23.8 Å². The molecule has 1 rings (SSSR count). The van der Waals surface area contributed by atoms with Gasteiger partial charge in [0.2, 0.25) is 5.91 Å². The van der Waals surface area contributed by atoms with Crippen LogP contribution >= 0.6 is 0 Å². The van der Waals surface area contributed by atoms with Gasteiger partial charge >= 0.3 is 0 Å². The summed E-state index contributed by atoms with van der Waals surface area (Å²) in [5, 5.41) is 3.22. The van der Waals surface area contributed by atoms with Gasteiger partial charge in [-0.2, -0.15) is 0 Å². The summed E-state index contributed by atoms with van der Waals surface area (Å²) >= 11 is 0. The molecule has 3 nitrogen and oxygen atoms in total. The Morgan fingerprint density at radius 3 is 2.44 bits per heavy atom. The molecule has 0 saturated heterocycles. The van der Waals surface area contributed by atoms with Crippen LogP contribution in [0.1, 0.15) is 30.5 Å². The van der Waals surface area contributed by atoms with Crippen LogP contribution in [-0.4, -0.2) is 30.4 Å². The van der Waals surface area contributed by atoms with Gasteiger partial charge in [0, 0.05) is 19.6 Å². The maximum atomic E-state index is 11.8. The molecular weight excluding hydrogens is 224 g/mol. The number of amides is 1. The van der Waals surface area contributed by atoms with Crippen molar-refractivity contribution in [2.75, 3.05) is 19.6 Å². The molecule has 0 unspecified atom stereocenters. The summed E-state index contributed by atoms with van der Waals surface area (Å²) in [6, 6.07) is 6.40. The molecule has 1 N–H and O–H groups in total. The zero-order valence-corrected chi connectivity index (χ0v) is 11.9. The third-order valence-electron chi connectivity index (χ3n) is 3.21. The highest BCUT2D eigenvalue weighted by molar-refractivity contribution is 5.78. The van der Waals surface area contributed by atoms with Crippen molar-refractivity contribution in [1.82, 2.24) is 10.2 Å². The van der Waals surface area contributed by atoms with Gasteiger partial charge < -0.3 is 10.2 Å². The Balaban J connectivity index is 2.44. The Bertz CT molecular complexity index is 397. The molecule has 0 fully saturated rings. The molecule has 0 radical (unpaired) electrons. The molecule has 0 aliphatic carbocycles. The van der Waals surface area contributed by atoms with Gasteiger partial charge in [0.25, 0.3) is 0 Å². The van der Waals surface area contributed by atoms with E-state index in [1.807, 2.05) is 18.7 Å². The minimum Gasteiger partial charge on any atom is -0.342 e. The minimum absolute atomic E-state index is 0.171. The first-order chi connectivity index (χ1) is 8.58. The average molecular weight is 248 g/mol. The Morgan fingerprint density at radius 1 is 1.22 bits per heavy atom. The lowest BCUT2D eigenvalue weighted by atomic mass is 10.1. The van der Waals surface area contributed by atoms with Crippen LogP contribution in [0.25, 0.3) is 0 Å². The molecule has 100 valence electrons. The van der Waals surface area contributed by atoms with Crippen LogP contribution in [0.15, 0.2) is 18.2 Å². The normalized spacial score (nSPS) is 10.4. The van der Waals surface area contributed by atoms with E-state index in [4.69, 9.17) is 0 Å². The molecule has 1 amide bonds. The van der Waals surface area contributed by atoms with Gasteiger partial charge in [-0.3, -0.25) is 4.79 Å². The van der Waals surface area contributed by atoms with Crippen LogP contribution in [0, 0.1) is 13.8 Å². The van der Waals surface area contributed by atoms with Crippen LogP contribution < -0.4 is 5.32 Å². The van der Waals surface area contributed by atoms with E-state index in [2.05, 4.69) is 37.4 Å². The van der Waals surface area contributed by atoms with E-state index in [-0.39, 0.29) is 5.91 Å². The van der Waals surface area contributed by atoms with Crippen molar-refractivity contribution < 1.29 is 4.79 Å². The second-order valence-electron chi connectivity index (χ2n) is 4.60. The molecule has 0 aromatic heterocycles. The summed E-state index contributed by atoms with van der Waals surface area (Å²) < 4.78 is 0. The highest BCUT2D eigenvalue weighted by Crippen LogP contribution is 2.09. The predicted octanol–water partition coefficient (Wildman–Crippen LogP) is 2.26. The topological polar surface area (TPSA) is 32.3 Å². The Hall–Kier alpha value is -1.35. The molecule has 0 saturated carbocycles.